The second-order valence-electron chi connectivity index (χ2n) is 12.4. The van der Waals surface area contributed by atoms with Gasteiger partial charge in [-0.25, -0.2) is 0 Å². The largest absolute Gasteiger partial charge is 0.299 e. The summed E-state index contributed by atoms with van der Waals surface area (Å²) < 4.78 is 0. The van der Waals surface area contributed by atoms with Gasteiger partial charge in [0.05, 0.1) is 24.2 Å². The molecule has 1 aliphatic rings. The smallest absolute Gasteiger partial charge is 0.139 e. The van der Waals surface area contributed by atoms with Gasteiger partial charge < -0.3 is 0 Å². The number of Topliss-reactive ketones (excluding diaryl/α,β-unsaturated/α-hetero) is 2. The van der Waals surface area contributed by atoms with Crippen LogP contribution in [0.5, 0.6) is 0 Å². The van der Waals surface area contributed by atoms with Crippen LogP contribution in [0.3, 0.4) is 0 Å². The number of carbonyl (C=O) groups excluding carboxylic acids is 2. The van der Waals surface area contributed by atoms with Crippen LogP contribution in [0.1, 0.15) is 106 Å². The van der Waals surface area contributed by atoms with Crippen molar-refractivity contribution in [3.63, 3.8) is 0 Å². The molecule has 46 heavy (non-hydrogen) atoms. The molecule has 0 saturated heterocycles. The maximum atomic E-state index is 12.7. The van der Waals surface area contributed by atoms with Crippen molar-refractivity contribution in [2.24, 2.45) is 16.8 Å². The van der Waals surface area contributed by atoms with Crippen molar-refractivity contribution in [2.75, 3.05) is 0 Å². The van der Waals surface area contributed by atoms with Crippen LogP contribution >= 0.6 is 0 Å². The Hall–Kier alpha value is -4.20. The third-order valence-corrected chi connectivity index (χ3v) is 9.19. The molecule has 3 atom stereocenters. The second kappa shape index (κ2) is 18.1. The van der Waals surface area contributed by atoms with Crippen molar-refractivity contribution in [2.45, 2.75) is 104 Å². The molecule has 8 heteroatoms. The van der Waals surface area contributed by atoms with Crippen LogP contribution in [0.25, 0.3) is 0 Å². The Bertz CT molecular complexity index is 1500. The third-order valence-electron chi connectivity index (χ3n) is 9.19. The van der Waals surface area contributed by atoms with Crippen LogP contribution in [0.2, 0.25) is 0 Å². The van der Waals surface area contributed by atoms with Gasteiger partial charge in [0, 0.05) is 78.9 Å². The first kappa shape index (κ1) is 34.7. The maximum absolute atomic E-state index is 12.7. The van der Waals surface area contributed by atoms with E-state index in [0.717, 1.165) is 67.6 Å². The zero-order valence-corrected chi connectivity index (χ0v) is 27.7. The summed E-state index contributed by atoms with van der Waals surface area (Å²) in [5.74, 6) is 1.39. The summed E-state index contributed by atoms with van der Waals surface area (Å²) >= 11 is 0. The summed E-state index contributed by atoms with van der Waals surface area (Å²) in [4.78, 5) is 51.5. The van der Waals surface area contributed by atoms with Gasteiger partial charge >= 0.3 is 0 Å². The number of hydrogen-bond donors (Lipinski definition) is 0. The molecule has 1 aliphatic carbocycles. The molecule has 3 aromatic heterocycles. The summed E-state index contributed by atoms with van der Waals surface area (Å²) in [6.45, 7) is 10.5. The molecule has 0 aliphatic heterocycles. The van der Waals surface area contributed by atoms with Crippen LogP contribution in [-0.2, 0) is 35.3 Å². The fourth-order valence-corrected chi connectivity index (χ4v) is 6.28. The predicted octanol–water partition coefficient (Wildman–Crippen LogP) is 7.39. The molecule has 3 heterocycles. The molecule has 242 valence electrons. The van der Waals surface area contributed by atoms with Gasteiger partial charge in [-0.15, -0.1) is 0 Å². The molecule has 1 fully saturated rings. The first-order chi connectivity index (χ1) is 22.4. The van der Waals surface area contributed by atoms with Crippen molar-refractivity contribution in [1.82, 2.24) is 24.9 Å². The quantitative estimate of drug-likeness (QED) is 0.114. The number of ketones is 2. The normalized spacial score (nSPS) is 17.8. The van der Waals surface area contributed by atoms with Crippen molar-refractivity contribution in [3.8, 4) is 0 Å². The number of aliphatic imine (C=N–C) groups is 1. The highest BCUT2D eigenvalue weighted by atomic mass is 16.1. The maximum Gasteiger partial charge on any atom is 0.139 e. The molecule has 0 bridgehead atoms. The number of allylic oxidation sites excluding steroid dienone is 4. The van der Waals surface area contributed by atoms with Crippen LogP contribution < -0.4 is 0 Å². The van der Waals surface area contributed by atoms with Crippen LogP contribution in [0, 0.1) is 11.8 Å². The Balaban J connectivity index is 1.39. The molecule has 0 radical (unpaired) electrons. The average Bonchev–Trinajstić information content (AvgIpc) is 3.09. The molecule has 3 unspecified atom stereocenters. The van der Waals surface area contributed by atoms with Crippen molar-refractivity contribution in [1.29, 1.82) is 0 Å². The van der Waals surface area contributed by atoms with E-state index in [1.165, 1.54) is 5.57 Å². The van der Waals surface area contributed by atoms with Gasteiger partial charge in [0.2, 0.25) is 0 Å². The molecular weight excluding hydrogens is 572 g/mol. The fraction of sp³-hybridized carbons (Fsp3) is 0.474. The molecule has 8 nitrogen and oxygen atoms in total. The number of nitrogens with zero attached hydrogens (tertiary/aromatic N) is 6. The molecule has 1 saturated carbocycles. The molecule has 4 rings (SSSR count). The van der Waals surface area contributed by atoms with E-state index in [2.05, 4.69) is 76.7 Å². The molecule has 0 N–H and O–H groups in total. The minimum Gasteiger partial charge on any atom is -0.299 e. The minimum atomic E-state index is 0.164. The van der Waals surface area contributed by atoms with E-state index < -0.39 is 0 Å². The molecular formula is C38H48N6O2. The zero-order chi connectivity index (χ0) is 32.7. The lowest BCUT2D eigenvalue weighted by atomic mass is 9.78. The number of aromatic nitrogens is 5. The lowest BCUT2D eigenvalue weighted by molar-refractivity contribution is -0.119. The summed E-state index contributed by atoms with van der Waals surface area (Å²) in [5.41, 5.74) is 7.08. The van der Waals surface area contributed by atoms with Crippen LogP contribution in [0.4, 0.5) is 0 Å². The lowest BCUT2D eigenvalue weighted by Gasteiger charge is -2.29. The van der Waals surface area contributed by atoms with Gasteiger partial charge in [0.25, 0.3) is 0 Å². The monoisotopic (exact) mass is 620 g/mol. The number of aryl methyl sites for hydroxylation is 2. The predicted molar refractivity (Wildman–Crippen MR) is 183 cm³/mol. The Kier molecular flexibility index (Phi) is 13.6. The number of hydrogen-bond acceptors (Lipinski definition) is 8. The first-order valence-electron chi connectivity index (χ1n) is 16.8. The molecule has 3 aromatic rings. The van der Waals surface area contributed by atoms with Crippen LogP contribution in [0.15, 0.2) is 77.7 Å². The van der Waals surface area contributed by atoms with Gasteiger partial charge in [0.1, 0.15) is 11.6 Å². The summed E-state index contributed by atoms with van der Waals surface area (Å²) in [6.07, 6.45) is 23.3. The fourth-order valence-electron chi connectivity index (χ4n) is 6.28. The Morgan fingerprint density at radius 2 is 1.63 bits per heavy atom. The van der Waals surface area contributed by atoms with Crippen molar-refractivity contribution in [3.05, 3.63) is 101 Å². The number of carbonyl (C=O) groups is 2. The average molecular weight is 621 g/mol. The first-order valence-corrected chi connectivity index (χ1v) is 16.8. The summed E-state index contributed by atoms with van der Waals surface area (Å²) in [5, 5.41) is 0. The van der Waals surface area contributed by atoms with E-state index >= 15 is 0 Å². The Labute approximate surface area is 274 Å². The van der Waals surface area contributed by atoms with Gasteiger partial charge in [-0.05, 0) is 75.3 Å². The van der Waals surface area contributed by atoms with Crippen LogP contribution in [-0.4, -0.2) is 43.2 Å². The van der Waals surface area contributed by atoms with E-state index in [4.69, 9.17) is 4.98 Å². The van der Waals surface area contributed by atoms with Crippen molar-refractivity contribution < 1.29 is 9.59 Å². The molecule has 0 spiro atoms. The third kappa shape index (κ3) is 10.4. The van der Waals surface area contributed by atoms with Gasteiger partial charge in [-0.3, -0.25) is 39.5 Å². The van der Waals surface area contributed by atoms with Gasteiger partial charge in [0.15, 0.2) is 0 Å². The van der Waals surface area contributed by atoms with E-state index in [1.807, 2.05) is 0 Å². The summed E-state index contributed by atoms with van der Waals surface area (Å²) in [7, 11) is 0. The number of pyridine rings is 1. The minimum absolute atomic E-state index is 0.164. The van der Waals surface area contributed by atoms with E-state index in [9.17, 15) is 9.59 Å². The molecule has 0 amide bonds. The highest BCUT2D eigenvalue weighted by Gasteiger charge is 2.27. The standard InChI is InChI=1S/C38H48N6O2/c1-5-27(3)28(10-14-34(45)23-32-25-40-18-20-42-32)12-16-37(39-4)30-8-7-9-31(22-30)38-17-13-29(36(6-2)44-38)11-15-35(46)24-33-26-41-19-21-43-33/h12-13,16-21,25-27,30-31H,4-11,14-15,22-24H2,1-3H3. The van der Waals surface area contributed by atoms with Crippen molar-refractivity contribution >= 4 is 18.3 Å². The van der Waals surface area contributed by atoms with Gasteiger partial charge in [-0.1, -0.05) is 44.9 Å². The lowest BCUT2D eigenvalue weighted by Crippen LogP contribution is -2.17. The van der Waals surface area contributed by atoms with Gasteiger partial charge in [-0.2, -0.15) is 0 Å². The zero-order valence-electron chi connectivity index (χ0n) is 27.7. The topological polar surface area (TPSA) is 111 Å². The highest BCUT2D eigenvalue weighted by molar-refractivity contribution is 5.81. The Morgan fingerprint density at radius 3 is 2.24 bits per heavy atom. The van der Waals surface area contributed by atoms with E-state index in [1.54, 1.807) is 37.2 Å². The van der Waals surface area contributed by atoms with E-state index in [0.29, 0.717) is 61.2 Å². The SMILES string of the molecule is C=NC(=CC=C(CCC(=O)Cc1cnccn1)C(C)CC)C1CCCC(c2ccc(CCC(=O)Cc3cnccn3)c(CC)n2)C1. The Morgan fingerprint density at radius 1 is 0.935 bits per heavy atom. The van der Waals surface area contributed by atoms with E-state index in [-0.39, 0.29) is 11.6 Å². The second-order valence-corrected chi connectivity index (χ2v) is 12.4. The highest BCUT2D eigenvalue weighted by Crippen LogP contribution is 2.39. The summed E-state index contributed by atoms with van der Waals surface area (Å²) in [6, 6.07) is 4.34. The number of rotatable bonds is 17. The molecule has 0 aromatic carbocycles.